The summed E-state index contributed by atoms with van der Waals surface area (Å²) in [5.74, 6) is -2.41. The number of aliphatic hydroxyl groups excluding tert-OH is 11. The molecule has 11 N–H and O–H groups in total. The van der Waals surface area contributed by atoms with Crippen LogP contribution in [-0.4, -0.2) is 168 Å². The monoisotopic (exact) mass is 504 g/mol. The van der Waals surface area contributed by atoms with Gasteiger partial charge in [0.05, 0.1) is 19.8 Å². The average Bonchev–Trinajstić information content (AvgIpc) is 3.07. The fourth-order valence-corrected chi connectivity index (χ4v) is 4.01. The van der Waals surface area contributed by atoms with Crippen molar-refractivity contribution in [3.8, 4) is 0 Å². The number of aliphatic hydroxyl groups is 11. The van der Waals surface area contributed by atoms with Crippen LogP contribution in [0.1, 0.15) is 0 Å². The van der Waals surface area contributed by atoms with E-state index in [-0.39, 0.29) is 0 Å². The maximum atomic E-state index is 10.5. The molecular weight excluding hydrogens is 472 g/mol. The van der Waals surface area contributed by atoms with E-state index in [1.807, 2.05) is 0 Å². The Hall–Kier alpha value is -0.640. The smallest absolute Gasteiger partial charge is 0.224 e. The van der Waals surface area contributed by atoms with Crippen molar-refractivity contribution in [3.63, 3.8) is 0 Å². The minimum absolute atomic E-state index is 0.610. The zero-order valence-electron chi connectivity index (χ0n) is 17.8. The summed E-state index contributed by atoms with van der Waals surface area (Å²) in [6, 6.07) is 0. The van der Waals surface area contributed by atoms with E-state index >= 15 is 0 Å². The molecule has 16 nitrogen and oxygen atoms in total. The molecule has 3 saturated heterocycles. The fraction of sp³-hybridized carbons (Fsp3) is 1.00. The Morgan fingerprint density at radius 1 is 0.588 bits per heavy atom. The first-order valence-electron chi connectivity index (χ1n) is 10.6. The van der Waals surface area contributed by atoms with Gasteiger partial charge in [0, 0.05) is 0 Å². The lowest BCUT2D eigenvalue weighted by Crippen LogP contribution is -2.62. The molecule has 3 aliphatic heterocycles. The van der Waals surface area contributed by atoms with Gasteiger partial charge in [0.1, 0.15) is 73.8 Å². The van der Waals surface area contributed by atoms with E-state index in [2.05, 4.69) is 0 Å². The zero-order valence-corrected chi connectivity index (χ0v) is 17.8. The predicted octanol–water partition coefficient (Wildman–Crippen LogP) is -7.57. The van der Waals surface area contributed by atoms with E-state index in [0.29, 0.717) is 0 Å². The number of ether oxygens (including phenoxy) is 5. The van der Waals surface area contributed by atoms with Gasteiger partial charge in [-0.3, -0.25) is 0 Å². The third-order valence-corrected chi connectivity index (χ3v) is 6.16. The molecule has 34 heavy (non-hydrogen) atoms. The van der Waals surface area contributed by atoms with Crippen molar-refractivity contribution in [1.82, 2.24) is 0 Å². The fourth-order valence-electron chi connectivity index (χ4n) is 4.01. The first-order valence-corrected chi connectivity index (χ1v) is 10.6. The number of hydrogen-bond donors (Lipinski definition) is 11. The lowest BCUT2D eigenvalue weighted by Gasteiger charge is -2.43. The van der Waals surface area contributed by atoms with E-state index in [1.165, 1.54) is 0 Å². The summed E-state index contributed by atoms with van der Waals surface area (Å²) in [7, 11) is 0. The normalized spacial score (nSPS) is 52.1. The van der Waals surface area contributed by atoms with Gasteiger partial charge in [-0.2, -0.15) is 0 Å². The Balaban J connectivity index is 1.67. The summed E-state index contributed by atoms with van der Waals surface area (Å²) in [5.41, 5.74) is 0. The van der Waals surface area contributed by atoms with Crippen molar-refractivity contribution in [2.45, 2.75) is 85.5 Å². The predicted molar refractivity (Wildman–Crippen MR) is 101 cm³/mol. The van der Waals surface area contributed by atoms with Gasteiger partial charge in [-0.15, -0.1) is 0 Å². The summed E-state index contributed by atoms with van der Waals surface area (Å²) in [5, 5.41) is 109. The molecule has 14 atom stereocenters. The highest BCUT2D eigenvalue weighted by Gasteiger charge is 2.59. The molecule has 0 radical (unpaired) electrons. The van der Waals surface area contributed by atoms with Gasteiger partial charge in [0.25, 0.3) is 0 Å². The van der Waals surface area contributed by atoms with Crippen LogP contribution in [0.3, 0.4) is 0 Å². The van der Waals surface area contributed by atoms with Crippen LogP contribution in [0.4, 0.5) is 0 Å². The standard InChI is InChI=1S/C18H32O16/c19-1-5-8(22)11(25)13(27)16(31-5)30-3-7-10(24)15(29)18(4-21,33-7)34-17-14(28)12(26)9(23)6(2-20)32-17/h5-17,19-29H,1-4H2/t5-,6-,7-,8+,9+,10-,11+,12+,13-,14-,15+,16?,17?,18+/m1/s1. The lowest BCUT2D eigenvalue weighted by atomic mass is 9.99. The maximum absolute atomic E-state index is 10.5. The highest BCUT2D eigenvalue weighted by Crippen LogP contribution is 2.36. The Kier molecular flexibility index (Phi) is 9.18. The quantitative estimate of drug-likeness (QED) is 0.146. The molecule has 0 bridgehead atoms. The van der Waals surface area contributed by atoms with E-state index in [0.717, 1.165) is 0 Å². The van der Waals surface area contributed by atoms with E-state index in [1.54, 1.807) is 0 Å². The van der Waals surface area contributed by atoms with Crippen LogP contribution in [0, 0.1) is 0 Å². The highest BCUT2D eigenvalue weighted by molar-refractivity contribution is 4.99. The third-order valence-electron chi connectivity index (χ3n) is 6.16. The third kappa shape index (κ3) is 5.09. The Bertz CT molecular complexity index is 651. The molecule has 2 unspecified atom stereocenters. The van der Waals surface area contributed by atoms with Gasteiger partial charge in [0.2, 0.25) is 5.79 Å². The Morgan fingerprint density at radius 3 is 1.59 bits per heavy atom. The second kappa shape index (κ2) is 11.2. The van der Waals surface area contributed by atoms with Gasteiger partial charge >= 0.3 is 0 Å². The zero-order chi connectivity index (χ0) is 25.4. The van der Waals surface area contributed by atoms with Crippen molar-refractivity contribution in [3.05, 3.63) is 0 Å². The van der Waals surface area contributed by atoms with E-state index < -0.39 is 112 Å². The highest BCUT2D eigenvalue weighted by atomic mass is 16.8. The molecule has 0 amide bonds. The van der Waals surface area contributed by atoms with Crippen LogP contribution >= 0.6 is 0 Å². The van der Waals surface area contributed by atoms with Crippen molar-refractivity contribution in [1.29, 1.82) is 0 Å². The number of hydrogen-bond acceptors (Lipinski definition) is 16. The molecule has 16 heteroatoms. The molecule has 0 spiro atoms. The van der Waals surface area contributed by atoms with Crippen LogP contribution in [-0.2, 0) is 23.7 Å². The second-order valence-corrected chi connectivity index (χ2v) is 8.41. The van der Waals surface area contributed by atoms with Crippen LogP contribution in [0.25, 0.3) is 0 Å². The van der Waals surface area contributed by atoms with E-state index in [9.17, 15) is 56.2 Å². The summed E-state index contributed by atoms with van der Waals surface area (Å²) in [6.45, 7) is -3.16. The largest absolute Gasteiger partial charge is 0.394 e. The van der Waals surface area contributed by atoms with Crippen molar-refractivity contribution < 1.29 is 79.9 Å². The SMILES string of the molecule is OC[C@H]1OC(OC[C@H]2O[C@@](CO)(OC3O[C@H](CO)[C@H](O)[C@H](O)[C@H]3O)[C@@H](O)[C@@H]2O)[C@H](O)[C@@H](O)[C@H]1O. The van der Waals surface area contributed by atoms with Gasteiger partial charge < -0.3 is 79.9 Å². The van der Waals surface area contributed by atoms with Crippen LogP contribution in [0.15, 0.2) is 0 Å². The summed E-state index contributed by atoms with van der Waals surface area (Å²) < 4.78 is 26.4. The van der Waals surface area contributed by atoms with Crippen molar-refractivity contribution >= 4 is 0 Å². The van der Waals surface area contributed by atoms with Gasteiger partial charge in [-0.05, 0) is 0 Å². The summed E-state index contributed by atoms with van der Waals surface area (Å²) in [4.78, 5) is 0. The molecule has 0 aromatic carbocycles. The summed E-state index contributed by atoms with van der Waals surface area (Å²) >= 11 is 0. The van der Waals surface area contributed by atoms with Crippen LogP contribution in [0.2, 0.25) is 0 Å². The average molecular weight is 504 g/mol. The molecule has 3 heterocycles. The molecule has 3 rings (SSSR count). The molecular formula is C18H32O16. The molecule has 3 fully saturated rings. The van der Waals surface area contributed by atoms with Gasteiger partial charge in [-0.25, -0.2) is 0 Å². The van der Waals surface area contributed by atoms with Crippen LogP contribution in [0.5, 0.6) is 0 Å². The molecule has 0 saturated carbocycles. The Morgan fingerprint density at radius 2 is 1.09 bits per heavy atom. The first kappa shape index (κ1) is 27.9. The lowest BCUT2D eigenvalue weighted by molar-refractivity contribution is -0.385. The minimum Gasteiger partial charge on any atom is -0.394 e. The summed E-state index contributed by atoms with van der Waals surface area (Å²) in [6.07, 6.45) is -21.6. The maximum Gasteiger partial charge on any atom is 0.224 e. The van der Waals surface area contributed by atoms with Gasteiger partial charge in [-0.1, -0.05) is 0 Å². The topological polar surface area (TPSA) is 269 Å². The van der Waals surface area contributed by atoms with Crippen molar-refractivity contribution in [2.75, 3.05) is 26.4 Å². The van der Waals surface area contributed by atoms with E-state index in [4.69, 9.17) is 23.7 Å². The molecule has 200 valence electrons. The minimum atomic E-state index is -2.41. The second-order valence-electron chi connectivity index (χ2n) is 8.41. The van der Waals surface area contributed by atoms with Crippen LogP contribution < -0.4 is 0 Å². The molecule has 0 aromatic rings. The molecule has 0 aromatic heterocycles. The number of rotatable bonds is 8. The molecule has 0 aliphatic carbocycles. The first-order chi connectivity index (χ1) is 16.0. The van der Waals surface area contributed by atoms with Crippen molar-refractivity contribution in [2.24, 2.45) is 0 Å². The Labute approximate surface area is 192 Å². The molecule has 3 aliphatic rings. The van der Waals surface area contributed by atoms with Gasteiger partial charge in [0.15, 0.2) is 12.6 Å².